The molecule has 1 aromatic heterocycles. The molecule has 33 heavy (non-hydrogen) atoms. The van der Waals surface area contributed by atoms with Gasteiger partial charge in [0.25, 0.3) is 15.9 Å². The Bertz CT molecular complexity index is 1250. The van der Waals surface area contributed by atoms with Gasteiger partial charge in [-0.05, 0) is 36.6 Å². The maximum atomic E-state index is 13.9. The lowest BCUT2D eigenvalue weighted by Crippen LogP contribution is -2.39. The first-order valence-corrected chi connectivity index (χ1v) is 11.9. The van der Waals surface area contributed by atoms with Gasteiger partial charge in [-0.25, -0.2) is 23.2 Å². The highest BCUT2D eigenvalue weighted by Crippen LogP contribution is 2.35. The zero-order chi connectivity index (χ0) is 24.2. The van der Waals surface area contributed by atoms with Crippen molar-refractivity contribution in [2.75, 3.05) is 18.0 Å². The summed E-state index contributed by atoms with van der Waals surface area (Å²) in [5.41, 5.74) is 1.48. The van der Waals surface area contributed by atoms with Crippen LogP contribution in [0.15, 0.2) is 59.6 Å². The van der Waals surface area contributed by atoms with E-state index in [9.17, 15) is 13.2 Å². The van der Waals surface area contributed by atoms with Crippen molar-refractivity contribution in [2.45, 2.75) is 25.7 Å². The molecule has 0 aliphatic heterocycles. The zero-order valence-electron chi connectivity index (χ0n) is 18.6. The standard InChI is InChI=1S/C23H24ClN3O5S/c1-15(2)14-32-23(28)27(21-22(31-4)26-16(3)13-25-21)33(29,30)20-8-6-5-7-19(20)17-9-11-18(24)12-10-17/h5-13,15H,14H2,1-4H3. The Morgan fingerprint density at radius 1 is 1.12 bits per heavy atom. The minimum Gasteiger partial charge on any atom is -0.478 e. The third-order valence-electron chi connectivity index (χ3n) is 4.50. The zero-order valence-corrected chi connectivity index (χ0v) is 20.2. The molecule has 0 spiro atoms. The largest absolute Gasteiger partial charge is 0.478 e. The van der Waals surface area contributed by atoms with E-state index in [0.29, 0.717) is 26.1 Å². The first-order chi connectivity index (χ1) is 15.6. The molecule has 3 rings (SSSR count). The Hall–Kier alpha value is -3.17. The summed E-state index contributed by atoms with van der Waals surface area (Å²) in [7, 11) is -3.17. The molecular weight excluding hydrogens is 466 g/mol. The number of aromatic nitrogens is 2. The molecule has 10 heteroatoms. The SMILES string of the molecule is COc1nc(C)cnc1N(C(=O)OCC(C)C)S(=O)(=O)c1ccccc1-c1ccc(Cl)cc1. The second-order valence-electron chi connectivity index (χ2n) is 7.59. The molecule has 2 aromatic carbocycles. The molecule has 3 aromatic rings. The fourth-order valence-corrected chi connectivity index (χ4v) is 4.62. The molecule has 0 unspecified atom stereocenters. The van der Waals surface area contributed by atoms with Crippen molar-refractivity contribution < 1.29 is 22.7 Å². The van der Waals surface area contributed by atoms with E-state index in [2.05, 4.69) is 9.97 Å². The molecule has 0 radical (unpaired) electrons. The van der Waals surface area contributed by atoms with Crippen molar-refractivity contribution in [3.63, 3.8) is 0 Å². The highest BCUT2D eigenvalue weighted by Gasteiger charge is 2.38. The molecule has 0 aliphatic rings. The van der Waals surface area contributed by atoms with Gasteiger partial charge in [-0.15, -0.1) is 4.31 Å². The van der Waals surface area contributed by atoms with Crippen LogP contribution in [0.3, 0.4) is 0 Å². The van der Waals surface area contributed by atoms with Gasteiger partial charge in [-0.2, -0.15) is 0 Å². The van der Waals surface area contributed by atoms with Crippen molar-refractivity contribution in [3.8, 4) is 17.0 Å². The number of amides is 1. The van der Waals surface area contributed by atoms with Gasteiger partial charge in [0.05, 0.1) is 30.5 Å². The van der Waals surface area contributed by atoms with Crippen LogP contribution in [0.2, 0.25) is 5.02 Å². The van der Waals surface area contributed by atoms with Gasteiger partial charge in [-0.1, -0.05) is 55.8 Å². The molecule has 174 valence electrons. The summed E-state index contributed by atoms with van der Waals surface area (Å²) in [6.07, 6.45) is 0.243. The van der Waals surface area contributed by atoms with E-state index in [1.807, 2.05) is 13.8 Å². The molecule has 0 fully saturated rings. The summed E-state index contributed by atoms with van der Waals surface area (Å²) in [4.78, 5) is 21.3. The number of carbonyl (C=O) groups is 1. The highest BCUT2D eigenvalue weighted by atomic mass is 35.5. The Balaban J connectivity index is 2.21. The number of nitrogens with zero attached hydrogens (tertiary/aromatic N) is 3. The van der Waals surface area contributed by atoms with Gasteiger partial charge in [0.15, 0.2) is 0 Å². The Morgan fingerprint density at radius 2 is 1.79 bits per heavy atom. The lowest BCUT2D eigenvalue weighted by molar-refractivity contribution is 0.143. The number of benzene rings is 2. The Morgan fingerprint density at radius 3 is 2.42 bits per heavy atom. The van der Waals surface area contributed by atoms with Crippen LogP contribution in [0.25, 0.3) is 11.1 Å². The number of rotatable bonds is 7. The monoisotopic (exact) mass is 489 g/mol. The predicted octanol–water partition coefficient (Wildman–Crippen LogP) is 5.10. The number of anilines is 1. The quantitative estimate of drug-likeness (QED) is 0.455. The molecule has 0 N–H and O–H groups in total. The van der Waals surface area contributed by atoms with Crippen LogP contribution in [0.1, 0.15) is 19.5 Å². The molecule has 0 bridgehead atoms. The van der Waals surface area contributed by atoms with E-state index < -0.39 is 16.1 Å². The first kappa shape index (κ1) is 24.5. The normalized spacial score (nSPS) is 11.3. The molecule has 0 saturated carbocycles. The molecular formula is C23H24ClN3O5S. The van der Waals surface area contributed by atoms with Crippen LogP contribution in [-0.2, 0) is 14.8 Å². The van der Waals surface area contributed by atoms with Gasteiger partial charge in [0.1, 0.15) is 0 Å². The smallest absolute Gasteiger partial charge is 0.430 e. The summed E-state index contributed by atoms with van der Waals surface area (Å²) in [5.74, 6) is -0.419. The van der Waals surface area contributed by atoms with Crippen molar-refractivity contribution in [1.29, 1.82) is 0 Å². The van der Waals surface area contributed by atoms with Gasteiger partial charge >= 0.3 is 6.09 Å². The summed E-state index contributed by atoms with van der Waals surface area (Å²) >= 11 is 5.99. The molecule has 0 saturated heterocycles. The fourth-order valence-electron chi connectivity index (χ4n) is 2.98. The van der Waals surface area contributed by atoms with Crippen LogP contribution in [-0.4, -0.2) is 38.2 Å². The second-order valence-corrected chi connectivity index (χ2v) is 9.78. The van der Waals surface area contributed by atoms with Crippen LogP contribution in [0.4, 0.5) is 10.6 Å². The predicted molar refractivity (Wildman–Crippen MR) is 126 cm³/mol. The number of hydrogen-bond acceptors (Lipinski definition) is 7. The maximum absolute atomic E-state index is 13.9. The second kappa shape index (κ2) is 10.2. The number of sulfonamides is 1. The number of ether oxygens (including phenoxy) is 2. The molecule has 0 atom stereocenters. The van der Waals surface area contributed by atoms with Crippen molar-refractivity contribution in [3.05, 3.63) is 65.4 Å². The molecule has 1 heterocycles. The van der Waals surface area contributed by atoms with Crippen LogP contribution < -0.4 is 9.04 Å². The van der Waals surface area contributed by atoms with E-state index in [1.165, 1.54) is 19.4 Å². The van der Waals surface area contributed by atoms with Gasteiger partial charge in [0.2, 0.25) is 5.82 Å². The average Bonchev–Trinajstić information content (AvgIpc) is 2.79. The minimum atomic E-state index is -4.49. The van der Waals surface area contributed by atoms with Crippen LogP contribution >= 0.6 is 11.6 Å². The highest BCUT2D eigenvalue weighted by molar-refractivity contribution is 7.93. The van der Waals surface area contributed by atoms with E-state index in [-0.39, 0.29) is 29.1 Å². The number of carbonyl (C=O) groups excluding carboxylic acids is 1. The van der Waals surface area contributed by atoms with E-state index in [4.69, 9.17) is 21.1 Å². The van der Waals surface area contributed by atoms with E-state index in [1.54, 1.807) is 49.4 Å². The lowest BCUT2D eigenvalue weighted by atomic mass is 10.1. The lowest BCUT2D eigenvalue weighted by Gasteiger charge is -2.24. The van der Waals surface area contributed by atoms with E-state index >= 15 is 0 Å². The third kappa shape index (κ3) is 5.43. The van der Waals surface area contributed by atoms with E-state index in [0.717, 1.165) is 0 Å². The first-order valence-electron chi connectivity index (χ1n) is 10.1. The Kier molecular flexibility index (Phi) is 7.55. The van der Waals surface area contributed by atoms with Gasteiger partial charge in [-0.3, -0.25) is 0 Å². The van der Waals surface area contributed by atoms with Crippen molar-refractivity contribution >= 4 is 33.5 Å². The number of aryl methyl sites for hydroxylation is 1. The molecule has 8 nitrogen and oxygen atoms in total. The minimum absolute atomic E-state index is 0.00847. The average molecular weight is 490 g/mol. The van der Waals surface area contributed by atoms with Gasteiger partial charge < -0.3 is 9.47 Å². The molecule has 0 aliphatic carbocycles. The summed E-state index contributed by atoms with van der Waals surface area (Å²) in [6, 6.07) is 13.0. The van der Waals surface area contributed by atoms with Crippen LogP contribution in [0.5, 0.6) is 5.88 Å². The van der Waals surface area contributed by atoms with Gasteiger partial charge in [0, 0.05) is 10.6 Å². The summed E-state index contributed by atoms with van der Waals surface area (Å²) < 4.78 is 38.8. The fraction of sp³-hybridized carbons (Fsp3) is 0.261. The number of halogens is 1. The Labute approximate surface area is 198 Å². The number of hydrogen-bond donors (Lipinski definition) is 0. The van der Waals surface area contributed by atoms with Crippen molar-refractivity contribution in [1.82, 2.24) is 9.97 Å². The van der Waals surface area contributed by atoms with Crippen molar-refractivity contribution in [2.24, 2.45) is 5.92 Å². The van der Waals surface area contributed by atoms with Crippen LogP contribution in [0, 0.1) is 12.8 Å². The number of methoxy groups -OCH3 is 1. The maximum Gasteiger partial charge on any atom is 0.430 e. The summed E-state index contributed by atoms with van der Waals surface area (Å²) in [5, 5.41) is 0.512. The molecule has 1 amide bonds. The summed E-state index contributed by atoms with van der Waals surface area (Å²) in [6.45, 7) is 5.37. The third-order valence-corrected chi connectivity index (χ3v) is 6.46. The topological polar surface area (TPSA) is 98.7 Å².